The average molecular weight is 919 g/mol. The molecule has 6 rings (SSSR count). The maximum absolute atomic E-state index is 12.5. The third kappa shape index (κ3) is 12.8. The monoisotopic (exact) mass is 916 g/mol. The summed E-state index contributed by atoms with van der Waals surface area (Å²) in [7, 11) is 0. The Kier molecular flexibility index (Phi) is 16.6. The van der Waals surface area contributed by atoms with Gasteiger partial charge in [0.15, 0.2) is 0 Å². The van der Waals surface area contributed by atoms with Crippen LogP contribution in [0.15, 0.2) is 97.1 Å². The van der Waals surface area contributed by atoms with Crippen molar-refractivity contribution in [1.29, 1.82) is 0 Å². The van der Waals surface area contributed by atoms with Gasteiger partial charge in [0.25, 0.3) is 0 Å². The standard InChI is InChI=1S/C29H41.C15H8F6.C5H5.2ClH.Zr/c1-26(2,3)22-14-18-13-19-15-23(27(4,5)6)25(29(10,11)12)17-21(19)20(18)16-24(22)28(7,8)9;16-14(17,18)12-5-1-10(2-6-12)9-11-3-7-13(8-4-11)15(19,20)21;1-2-4-5-3-1;;;/h13-17H,1-12H3;1-8H;1-3H,4H2;2*1H;/q-1;;-1;;;+2/p-2. The van der Waals surface area contributed by atoms with Crippen molar-refractivity contribution in [2.75, 3.05) is 0 Å². The number of hydrogen-bond donors (Lipinski definition) is 0. The predicted octanol–water partition coefficient (Wildman–Crippen LogP) is 9.06. The molecule has 0 nitrogen and oxygen atoms in total. The van der Waals surface area contributed by atoms with Gasteiger partial charge in [0.1, 0.15) is 0 Å². The molecule has 5 aromatic rings. The van der Waals surface area contributed by atoms with E-state index in [4.69, 9.17) is 0 Å². The first-order valence-corrected chi connectivity index (χ1v) is 20.1. The first-order valence-electron chi connectivity index (χ1n) is 18.9. The Morgan fingerprint density at radius 3 is 1.05 bits per heavy atom. The van der Waals surface area contributed by atoms with Gasteiger partial charge in [-0.3, -0.25) is 6.08 Å². The van der Waals surface area contributed by atoms with Crippen molar-refractivity contribution in [1.82, 2.24) is 0 Å². The number of rotatable bonds is 2. The van der Waals surface area contributed by atoms with Crippen LogP contribution in [-0.2, 0) is 58.2 Å². The fraction of sp³-hybridized carbons (Fsp3) is 0.388. The minimum absolute atomic E-state index is 0. The Morgan fingerprint density at radius 1 is 0.517 bits per heavy atom. The summed E-state index contributed by atoms with van der Waals surface area (Å²) < 4.78 is 75.6. The quantitative estimate of drug-likeness (QED) is 0.123. The molecule has 0 bridgehead atoms. The van der Waals surface area contributed by atoms with E-state index >= 15 is 0 Å². The molecule has 0 unspecified atom stereocenters. The van der Waals surface area contributed by atoms with Gasteiger partial charge in [-0.2, -0.15) is 6.08 Å². The van der Waals surface area contributed by atoms with Crippen molar-refractivity contribution < 1.29 is 75.4 Å². The topological polar surface area (TPSA) is 0 Å². The van der Waals surface area contributed by atoms with Crippen LogP contribution in [0.1, 0.15) is 134 Å². The van der Waals surface area contributed by atoms with Crippen molar-refractivity contribution in [3.05, 3.63) is 148 Å². The SMILES string of the molecule is CC(C)(C)c1cc2[cH-]c3cc(C(C)(C)C)c(C(C)(C)C)cc3c2cc1C(C)(C)C.FC(F)(F)c1ccc([C](=[Zr+2])c2ccc(C(F)(F)F)cc2)cc1.[C-]1=CC=CC1.[Cl-].[Cl-]. The number of benzene rings is 4. The second-order valence-corrected chi connectivity index (χ2v) is 19.9. The van der Waals surface area contributed by atoms with Gasteiger partial charge in [-0.1, -0.05) is 117 Å². The Bertz CT molecular complexity index is 2070. The summed E-state index contributed by atoms with van der Waals surface area (Å²) in [6.07, 6.45) is 1.18. The summed E-state index contributed by atoms with van der Waals surface area (Å²) in [5.74, 6) is 0. The van der Waals surface area contributed by atoms with Crippen LogP contribution in [0.3, 0.4) is 0 Å². The third-order valence-corrected chi connectivity index (χ3v) is 11.2. The van der Waals surface area contributed by atoms with Crippen molar-refractivity contribution in [3.8, 4) is 0 Å². The number of allylic oxidation sites excluding steroid dienone is 4. The molecular weight excluding hydrogens is 865 g/mol. The second-order valence-electron chi connectivity index (χ2n) is 18.6. The first kappa shape index (κ1) is 51.3. The van der Waals surface area contributed by atoms with E-state index in [2.05, 4.69) is 126 Å². The molecule has 0 aliphatic heterocycles. The smallest absolute Gasteiger partial charge is 0.109 e. The Hall–Kier alpha value is -2.86. The van der Waals surface area contributed by atoms with Crippen LogP contribution < -0.4 is 24.8 Å². The molecule has 58 heavy (non-hydrogen) atoms. The molecule has 0 heterocycles. The van der Waals surface area contributed by atoms with Gasteiger partial charge >= 0.3 is 137 Å². The van der Waals surface area contributed by atoms with Crippen LogP contribution in [-0.4, -0.2) is 3.21 Å². The van der Waals surface area contributed by atoms with Crippen LogP contribution in [0.25, 0.3) is 21.5 Å². The zero-order valence-corrected chi connectivity index (χ0v) is 39.4. The molecular formula is C49H54Cl2F6Zr-2. The largest absolute Gasteiger partial charge is 1.00 e. The van der Waals surface area contributed by atoms with E-state index in [9.17, 15) is 26.3 Å². The van der Waals surface area contributed by atoms with E-state index in [0.29, 0.717) is 14.3 Å². The number of halogens is 8. The molecule has 0 radical (unpaired) electrons. The molecule has 0 saturated carbocycles. The van der Waals surface area contributed by atoms with E-state index in [1.807, 2.05) is 12.2 Å². The van der Waals surface area contributed by atoms with Crippen molar-refractivity contribution >= 4 is 24.8 Å². The molecule has 0 saturated heterocycles. The molecule has 0 fully saturated rings. The zero-order valence-electron chi connectivity index (χ0n) is 35.5. The van der Waals surface area contributed by atoms with Crippen LogP contribution >= 0.6 is 0 Å². The first-order chi connectivity index (χ1) is 25.5. The fourth-order valence-electron chi connectivity index (χ4n) is 6.75. The van der Waals surface area contributed by atoms with Gasteiger partial charge in [0.2, 0.25) is 0 Å². The minimum Gasteiger partial charge on any atom is -1.00 e. The number of hydrogen-bond acceptors (Lipinski definition) is 0. The third-order valence-electron chi connectivity index (χ3n) is 9.80. The van der Waals surface area contributed by atoms with Gasteiger partial charge in [-0.05, 0) is 21.7 Å². The summed E-state index contributed by atoms with van der Waals surface area (Å²) in [6, 6.07) is 21.5. The summed E-state index contributed by atoms with van der Waals surface area (Å²) in [5, 5.41) is 5.57. The van der Waals surface area contributed by atoms with Crippen LogP contribution in [0.2, 0.25) is 0 Å². The van der Waals surface area contributed by atoms with E-state index in [1.54, 1.807) is 0 Å². The van der Waals surface area contributed by atoms with E-state index < -0.39 is 23.5 Å². The number of fused-ring (bicyclic) bond motifs is 3. The average Bonchev–Trinajstić information content (AvgIpc) is 3.77. The van der Waals surface area contributed by atoms with E-state index in [0.717, 1.165) is 54.9 Å². The Labute approximate surface area is 369 Å². The predicted molar refractivity (Wildman–Crippen MR) is 220 cm³/mol. The summed E-state index contributed by atoms with van der Waals surface area (Å²) >= 11 is 0.898. The van der Waals surface area contributed by atoms with Gasteiger partial charge < -0.3 is 24.8 Å². The van der Waals surface area contributed by atoms with E-state index in [-0.39, 0.29) is 46.5 Å². The fourth-order valence-corrected chi connectivity index (χ4v) is 7.57. The molecule has 1 aliphatic carbocycles. The Morgan fingerprint density at radius 2 is 0.828 bits per heavy atom. The van der Waals surface area contributed by atoms with Crippen molar-refractivity contribution in [2.24, 2.45) is 0 Å². The molecule has 5 aromatic carbocycles. The van der Waals surface area contributed by atoms with Gasteiger partial charge in [-0.25, -0.2) is 12.2 Å². The number of alkyl halides is 6. The van der Waals surface area contributed by atoms with E-state index in [1.165, 1.54) is 68.1 Å². The Balaban J connectivity index is 0.000000354. The van der Waals surface area contributed by atoms with Gasteiger partial charge in [0.05, 0.1) is 0 Å². The zero-order chi connectivity index (χ0) is 42.2. The van der Waals surface area contributed by atoms with Gasteiger partial charge in [-0.15, -0.1) is 46.2 Å². The molecule has 0 N–H and O–H groups in total. The molecule has 0 spiro atoms. The molecule has 9 heteroatoms. The molecule has 312 valence electrons. The van der Waals surface area contributed by atoms with Crippen molar-refractivity contribution in [3.63, 3.8) is 0 Å². The summed E-state index contributed by atoms with van der Waals surface area (Å²) in [4.78, 5) is 0. The maximum Gasteiger partial charge on any atom is -0.109 e. The molecule has 1 aliphatic rings. The maximum atomic E-state index is 12.5. The minimum atomic E-state index is -4.41. The molecule has 0 atom stereocenters. The normalized spacial score (nSPS) is 13.3. The molecule has 0 amide bonds. The molecule has 0 aromatic heterocycles. The van der Waals surface area contributed by atoms with Crippen LogP contribution in [0.5, 0.6) is 0 Å². The van der Waals surface area contributed by atoms with Crippen LogP contribution in [0, 0.1) is 6.08 Å². The van der Waals surface area contributed by atoms with Gasteiger partial charge in [0, 0.05) is 0 Å². The van der Waals surface area contributed by atoms with Crippen molar-refractivity contribution in [2.45, 2.75) is 124 Å². The summed E-state index contributed by atoms with van der Waals surface area (Å²) in [6.45, 7) is 28.0. The van der Waals surface area contributed by atoms with Crippen LogP contribution in [0.4, 0.5) is 26.3 Å². The second kappa shape index (κ2) is 18.8. The summed E-state index contributed by atoms with van der Waals surface area (Å²) in [5.41, 5.74) is 6.01.